The minimum absolute atomic E-state index is 0.0800. The van der Waals surface area contributed by atoms with Crippen molar-refractivity contribution in [1.29, 1.82) is 0 Å². The average molecular weight is 286 g/mol. The Hall–Kier alpha value is -0.610. The molecule has 0 aromatic carbocycles. The van der Waals surface area contributed by atoms with Crippen molar-refractivity contribution in [3.05, 3.63) is 32.0 Å². The smallest absolute Gasteiger partial charge is 0.259 e. The first-order chi connectivity index (χ1) is 7.00. The van der Waals surface area contributed by atoms with Crippen molar-refractivity contribution in [2.24, 2.45) is 7.05 Å². The summed E-state index contributed by atoms with van der Waals surface area (Å²) in [4.78, 5) is 11.9. The molecular weight excluding hydrogens is 274 g/mol. The van der Waals surface area contributed by atoms with E-state index in [0.717, 1.165) is 13.9 Å². The normalized spacial score (nSPS) is 11.5. The van der Waals surface area contributed by atoms with Gasteiger partial charge in [-0.1, -0.05) is 13.8 Å². The molecule has 15 heavy (non-hydrogen) atoms. The molecule has 0 aliphatic rings. The number of rotatable bonds is 1. The van der Waals surface area contributed by atoms with Crippen LogP contribution in [0.3, 0.4) is 0 Å². The molecule has 2 nitrogen and oxygen atoms in total. The van der Waals surface area contributed by atoms with Gasteiger partial charge in [-0.2, -0.15) is 0 Å². The Balaban J connectivity index is 2.94. The fourth-order valence-electron chi connectivity index (χ4n) is 1.66. The second-order valence-electron chi connectivity index (χ2n) is 3.95. The third kappa shape index (κ3) is 1.76. The third-order valence-corrected chi connectivity index (χ3v) is 4.16. The maximum atomic E-state index is 11.9. The number of hydrogen-bond donors (Lipinski definition) is 0. The molecule has 4 heteroatoms. The molecule has 0 spiro atoms. The van der Waals surface area contributed by atoms with E-state index in [1.54, 1.807) is 23.0 Å². The molecule has 0 atom stereocenters. The zero-order chi connectivity index (χ0) is 11.2. The van der Waals surface area contributed by atoms with Crippen LogP contribution in [-0.4, -0.2) is 4.57 Å². The Morgan fingerprint density at radius 1 is 1.47 bits per heavy atom. The number of halogens is 1. The first-order valence-electron chi connectivity index (χ1n) is 4.79. The molecule has 0 radical (unpaired) electrons. The number of fused-ring (bicyclic) bond motifs is 1. The molecule has 0 N–H and O–H groups in total. The van der Waals surface area contributed by atoms with Crippen LogP contribution < -0.4 is 5.56 Å². The van der Waals surface area contributed by atoms with E-state index in [-0.39, 0.29) is 5.56 Å². The van der Waals surface area contributed by atoms with Crippen LogP contribution in [0.25, 0.3) is 10.1 Å². The molecule has 2 rings (SSSR count). The molecule has 2 aromatic heterocycles. The zero-order valence-corrected chi connectivity index (χ0v) is 11.3. The summed E-state index contributed by atoms with van der Waals surface area (Å²) in [5.74, 6) is 0.435. The second kappa shape index (κ2) is 3.76. The lowest BCUT2D eigenvalue weighted by molar-refractivity contribution is 0.811. The minimum atomic E-state index is 0.0800. The van der Waals surface area contributed by atoms with Gasteiger partial charge in [0.15, 0.2) is 0 Å². The Labute approximate surface area is 101 Å². The number of thiophene rings is 1. The van der Waals surface area contributed by atoms with Gasteiger partial charge in [0.1, 0.15) is 0 Å². The first-order valence-corrected chi connectivity index (χ1v) is 6.40. The van der Waals surface area contributed by atoms with Gasteiger partial charge < -0.3 is 4.57 Å². The molecule has 0 saturated heterocycles. The maximum absolute atomic E-state index is 11.9. The number of nitrogens with zero attached hydrogens (tertiary/aromatic N) is 1. The second-order valence-corrected chi connectivity index (χ2v) is 6.38. The maximum Gasteiger partial charge on any atom is 0.259 e. The van der Waals surface area contributed by atoms with Crippen molar-refractivity contribution in [2.45, 2.75) is 19.8 Å². The van der Waals surface area contributed by atoms with E-state index in [2.05, 4.69) is 29.8 Å². The van der Waals surface area contributed by atoms with Crippen molar-refractivity contribution in [3.63, 3.8) is 0 Å². The van der Waals surface area contributed by atoms with Crippen molar-refractivity contribution in [3.8, 4) is 0 Å². The molecule has 0 aliphatic carbocycles. The molecule has 0 aliphatic heterocycles. The summed E-state index contributed by atoms with van der Waals surface area (Å²) in [6.07, 6.45) is 1.94. The highest BCUT2D eigenvalue weighted by atomic mass is 79.9. The SMILES string of the molecule is CC(C)c1cn(C)c(=O)c2cc(Br)sc12. The van der Waals surface area contributed by atoms with E-state index in [0.29, 0.717) is 5.92 Å². The molecule has 2 aromatic rings. The van der Waals surface area contributed by atoms with E-state index in [4.69, 9.17) is 0 Å². The van der Waals surface area contributed by atoms with E-state index in [1.807, 2.05) is 12.3 Å². The van der Waals surface area contributed by atoms with Gasteiger partial charge in [-0.25, -0.2) is 0 Å². The molecule has 2 heterocycles. The van der Waals surface area contributed by atoms with Gasteiger partial charge in [0.2, 0.25) is 0 Å². The summed E-state index contributed by atoms with van der Waals surface area (Å²) in [6.45, 7) is 4.29. The molecule has 0 bridgehead atoms. The molecule has 0 fully saturated rings. The van der Waals surface area contributed by atoms with E-state index in [1.165, 1.54) is 5.56 Å². The van der Waals surface area contributed by atoms with Gasteiger partial charge in [0, 0.05) is 17.9 Å². The lowest BCUT2D eigenvalue weighted by Crippen LogP contribution is -2.16. The number of hydrogen-bond acceptors (Lipinski definition) is 2. The van der Waals surface area contributed by atoms with Crippen LogP contribution >= 0.6 is 27.3 Å². The highest BCUT2D eigenvalue weighted by Gasteiger charge is 2.12. The monoisotopic (exact) mass is 285 g/mol. The van der Waals surface area contributed by atoms with Crippen LogP contribution in [0, 0.1) is 0 Å². The summed E-state index contributed by atoms with van der Waals surface area (Å²) >= 11 is 5.07. The van der Waals surface area contributed by atoms with Crippen LogP contribution in [0.2, 0.25) is 0 Å². The summed E-state index contributed by atoms with van der Waals surface area (Å²) in [5, 5.41) is 0.820. The van der Waals surface area contributed by atoms with Gasteiger partial charge in [-0.3, -0.25) is 4.79 Å². The van der Waals surface area contributed by atoms with Crippen LogP contribution in [0.5, 0.6) is 0 Å². The Morgan fingerprint density at radius 2 is 2.13 bits per heavy atom. The van der Waals surface area contributed by atoms with Gasteiger partial charge in [0.05, 0.1) is 9.17 Å². The largest absolute Gasteiger partial charge is 0.318 e. The lowest BCUT2D eigenvalue weighted by Gasteiger charge is -2.08. The van der Waals surface area contributed by atoms with Crippen LogP contribution in [0.1, 0.15) is 25.3 Å². The van der Waals surface area contributed by atoms with Crippen LogP contribution in [0.4, 0.5) is 0 Å². The first kappa shape index (κ1) is 10.9. The van der Waals surface area contributed by atoms with E-state index < -0.39 is 0 Å². The molecule has 80 valence electrons. The number of aromatic nitrogens is 1. The summed E-state index contributed by atoms with van der Waals surface area (Å²) in [7, 11) is 1.80. The van der Waals surface area contributed by atoms with Gasteiger partial charge >= 0.3 is 0 Å². The molecular formula is C11H12BrNOS. The average Bonchev–Trinajstić information content (AvgIpc) is 2.53. The summed E-state index contributed by atoms with van der Waals surface area (Å²) in [6, 6.07) is 1.91. The van der Waals surface area contributed by atoms with Crippen LogP contribution in [-0.2, 0) is 7.05 Å². The highest BCUT2D eigenvalue weighted by molar-refractivity contribution is 9.11. The fourth-order valence-corrected chi connectivity index (χ4v) is 3.41. The van der Waals surface area contributed by atoms with Gasteiger partial charge in [-0.15, -0.1) is 11.3 Å². The Kier molecular flexibility index (Phi) is 2.73. The zero-order valence-electron chi connectivity index (χ0n) is 8.87. The van der Waals surface area contributed by atoms with Crippen LogP contribution in [0.15, 0.2) is 20.8 Å². The quantitative estimate of drug-likeness (QED) is 0.786. The topological polar surface area (TPSA) is 22.0 Å². The third-order valence-electron chi connectivity index (χ3n) is 2.47. The Bertz CT molecular complexity index is 568. The van der Waals surface area contributed by atoms with Crippen molar-refractivity contribution >= 4 is 37.4 Å². The van der Waals surface area contributed by atoms with Crippen molar-refractivity contribution in [1.82, 2.24) is 4.57 Å². The minimum Gasteiger partial charge on any atom is -0.318 e. The predicted octanol–water partition coefficient (Wildman–Crippen LogP) is 3.49. The molecule has 0 amide bonds. The Morgan fingerprint density at radius 3 is 2.73 bits per heavy atom. The van der Waals surface area contributed by atoms with Crippen molar-refractivity contribution < 1.29 is 0 Å². The standard InChI is InChI=1S/C11H12BrNOS/c1-6(2)8-5-13(3)11(14)7-4-9(12)15-10(7)8/h4-6H,1-3H3. The molecule has 0 saturated carbocycles. The lowest BCUT2D eigenvalue weighted by atomic mass is 10.0. The summed E-state index contributed by atoms with van der Waals surface area (Å²) in [5.41, 5.74) is 1.32. The predicted molar refractivity (Wildman–Crippen MR) is 68.9 cm³/mol. The van der Waals surface area contributed by atoms with E-state index >= 15 is 0 Å². The highest BCUT2D eigenvalue weighted by Crippen LogP contribution is 2.33. The van der Waals surface area contributed by atoms with Gasteiger partial charge in [0.25, 0.3) is 5.56 Å². The van der Waals surface area contributed by atoms with E-state index in [9.17, 15) is 4.79 Å². The molecule has 0 unspecified atom stereocenters. The van der Waals surface area contributed by atoms with Crippen molar-refractivity contribution in [2.75, 3.05) is 0 Å². The van der Waals surface area contributed by atoms with Gasteiger partial charge in [-0.05, 0) is 33.5 Å². The number of aryl methyl sites for hydroxylation is 1. The number of pyridine rings is 1. The fraction of sp³-hybridized carbons (Fsp3) is 0.364. The summed E-state index contributed by atoms with van der Waals surface area (Å²) < 4.78 is 3.79.